The number of thiazole rings is 1. The highest BCUT2D eigenvalue weighted by atomic mass is 32.2. The van der Waals surface area contributed by atoms with Crippen LogP contribution >= 0.6 is 11.3 Å². The van der Waals surface area contributed by atoms with E-state index in [1.165, 1.54) is 0 Å². The first-order valence-corrected chi connectivity index (χ1v) is 11.6. The standard InChI is InChI=1S/C21H22N2O3S2/c1-26-17-7-9-18(10-8-17)28(24,25)19-11-13-23(14-12-19)21-22-20(15-27-21)16-5-3-2-4-6-16/h2-10,15,19H,11-14H2,1H3. The van der Waals surface area contributed by atoms with Crippen LogP contribution in [0.3, 0.4) is 0 Å². The third-order valence-corrected chi connectivity index (χ3v) is 8.28. The molecule has 0 N–H and O–H groups in total. The van der Waals surface area contributed by atoms with Gasteiger partial charge >= 0.3 is 0 Å². The number of piperidine rings is 1. The number of benzene rings is 2. The van der Waals surface area contributed by atoms with E-state index in [9.17, 15) is 8.42 Å². The zero-order chi connectivity index (χ0) is 19.6. The Morgan fingerprint density at radius 2 is 1.71 bits per heavy atom. The summed E-state index contributed by atoms with van der Waals surface area (Å²) in [4.78, 5) is 7.31. The predicted octanol–water partition coefficient (Wildman–Crippen LogP) is 4.26. The highest BCUT2D eigenvalue weighted by molar-refractivity contribution is 7.92. The van der Waals surface area contributed by atoms with E-state index in [-0.39, 0.29) is 5.25 Å². The van der Waals surface area contributed by atoms with Crippen molar-refractivity contribution in [2.75, 3.05) is 25.1 Å². The molecule has 5 nitrogen and oxygen atoms in total. The summed E-state index contributed by atoms with van der Waals surface area (Å²) in [5.41, 5.74) is 2.07. The number of methoxy groups -OCH3 is 1. The summed E-state index contributed by atoms with van der Waals surface area (Å²) < 4.78 is 31.0. The number of hydrogen-bond acceptors (Lipinski definition) is 6. The molecule has 0 spiro atoms. The first kappa shape index (κ1) is 19.0. The van der Waals surface area contributed by atoms with Crippen molar-refractivity contribution < 1.29 is 13.2 Å². The van der Waals surface area contributed by atoms with Crippen LogP contribution in [0.4, 0.5) is 5.13 Å². The topological polar surface area (TPSA) is 59.5 Å². The molecule has 1 fully saturated rings. The van der Waals surface area contributed by atoms with Crippen LogP contribution in [0.5, 0.6) is 5.75 Å². The lowest BCUT2D eigenvalue weighted by molar-refractivity contribution is 0.414. The van der Waals surface area contributed by atoms with Gasteiger partial charge in [0.2, 0.25) is 0 Å². The van der Waals surface area contributed by atoms with Crippen LogP contribution < -0.4 is 9.64 Å². The van der Waals surface area contributed by atoms with Gasteiger partial charge in [0.05, 0.1) is 22.9 Å². The molecule has 7 heteroatoms. The van der Waals surface area contributed by atoms with Gasteiger partial charge in [-0.25, -0.2) is 13.4 Å². The van der Waals surface area contributed by atoms with Crippen LogP contribution in [0.25, 0.3) is 11.3 Å². The third-order valence-electron chi connectivity index (χ3n) is 5.10. The molecule has 0 aliphatic carbocycles. The van der Waals surface area contributed by atoms with Crippen LogP contribution in [0, 0.1) is 0 Å². The summed E-state index contributed by atoms with van der Waals surface area (Å²) in [6.07, 6.45) is 1.21. The van der Waals surface area contributed by atoms with E-state index in [2.05, 4.69) is 10.3 Å². The molecule has 0 saturated carbocycles. The Balaban J connectivity index is 1.44. The molecule has 0 atom stereocenters. The van der Waals surface area contributed by atoms with Crippen molar-refractivity contribution in [3.8, 4) is 17.0 Å². The summed E-state index contributed by atoms with van der Waals surface area (Å²) in [7, 11) is -1.76. The van der Waals surface area contributed by atoms with Crippen LogP contribution in [-0.4, -0.2) is 38.9 Å². The largest absolute Gasteiger partial charge is 0.497 e. The van der Waals surface area contributed by atoms with Gasteiger partial charge in [-0.2, -0.15) is 0 Å². The number of rotatable bonds is 5. The van der Waals surface area contributed by atoms with Gasteiger partial charge in [0.1, 0.15) is 5.75 Å². The van der Waals surface area contributed by atoms with Gasteiger partial charge < -0.3 is 9.64 Å². The average Bonchev–Trinajstić information content (AvgIpc) is 3.25. The van der Waals surface area contributed by atoms with Gasteiger partial charge in [0.15, 0.2) is 15.0 Å². The summed E-state index contributed by atoms with van der Waals surface area (Å²) >= 11 is 1.61. The Morgan fingerprint density at radius 3 is 2.36 bits per heavy atom. The molecule has 2 heterocycles. The molecule has 4 rings (SSSR count). The SMILES string of the molecule is COc1ccc(S(=O)(=O)C2CCN(c3nc(-c4ccccc4)cs3)CC2)cc1. The van der Waals surface area contributed by atoms with E-state index in [1.54, 1.807) is 42.7 Å². The molecule has 1 saturated heterocycles. The van der Waals surface area contributed by atoms with E-state index in [0.29, 0.717) is 36.6 Å². The van der Waals surface area contributed by atoms with Crippen molar-refractivity contribution in [1.82, 2.24) is 4.98 Å². The fourth-order valence-electron chi connectivity index (χ4n) is 3.47. The number of ether oxygens (including phenoxy) is 1. The van der Waals surface area contributed by atoms with Gasteiger partial charge in [0.25, 0.3) is 0 Å². The number of aromatic nitrogens is 1. The van der Waals surface area contributed by atoms with Gasteiger partial charge in [0, 0.05) is 24.0 Å². The fraction of sp³-hybridized carbons (Fsp3) is 0.286. The van der Waals surface area contributed by atoms with Crippen molar-refractivity contribution in [2.45, 2.75) is 23.0 Å². The molecule has 28 heavy (non-hydrogen) atoms. The Bertz CT molecular complexity index is 1020. The van der Waals surface area contributed by atoms with E-state index < -0.39 is 9.84 Å². The summed E-state index contributed by atoms with van der Waals surface area (Å²) in [6, 6.07) is 16.8. The minimum atomic E-state index is -3.33. The molecule has 0 unspecified atom stereocenters. The molecular weight excluding hydrogens is 392 g/mol. The van der Waals surface area contributed by atoms with Crippen LogP contribution in [0.15, 0.2) is 64.9 Å². The second kappa shape index (κ2) is 7.93. The maximum absolute atomic E-state index is 12.9. The summed E-state index contributed by atoms with van der Waals surface area (Å²) in [6.45, 7) is 1.39. The van der Waals surface area contributed by atoms with Crippen molar-refractivity contribution in [3.63, 3.8) is 0 Å². The molecule has 1 aliphatic heterocycles. The lowest BCUT2D eigenvalue weighted by Gasteiger charge is -2.31. The maximum Gasteiger partial charge on any atom is 0.185 e. The highest BCUT2D eigenvalue weighted by Crippen LogP contribution is 2.32. The quantitative estimate of drug-likeness (QED) is 0.624. The lowest BCUT2D eigenvalue weighted by Crippen LogP contribution is -2.39. The summed E-state index contributed by atoms with van der Waals surface area (Å²) in [5, 5.41) is 2.66. The molecular formula is C21H22N2O3S2. The Kier molecular flexibility index (Phi) is 5.37. The normalized spacial score (nSPS) is 15.5. The van der Waals surface area contributed by atoms with Gasteiger partial charge in [-0.05, 0) is 37.1 Å². The van der Waals surface area contributed by atoms with E-state index in [0.717, 1.165) is 16.4 Å². The van der Waals surface area contributed by atoms with E-state index >= 15 is 0 Å². The molecule has 2 aromatic carbocycles. The number of nitrogens with zero attached hydrogens (tertiary/aromatic N) is 2. The average molecular weight is 415 g/mol. The first-order chi connectivity index (χ1) is 13.6. The molecule has 1 aliphatic rings. The third kappa shape index (κ3) is 3.77. The maximum atomic E-state index is 12.9. The Hall–Kier alpha value is -2.38. The molecule has 0 amide bonds. The zero-order valence-electron chi connectivity index (χ0n) is 15.6. The minimum Gasteiger partial charge on any atom is -0.497 e. The van der Waals surface area contributed by atoms with Gasteiger partial charge in [-0.3, -0.25) is 0 Å². The molecule has 1 aromatic heterocycles. The van der Waals surface area contributed by atoms with Crippen molar-refractivity contribution >= 4 is 26.3 Å². The first-order valence-electron chi connectivity index (χ1n) is 9.22. The second-order valence-corrected chi connectivity index (χ2v) is 9.85. The number of sulfone groups is 1. The number of hydrogen-bond donors (Lipinski definition) is 0. The molecule has 0 radical (unpaired) electrons. The lowest BCUT2D eigenvalue weighted by atomic mass is 10.1. The highest BCUT2D eigenvalue weighted by Gasteiger charge is 2.32. The van der Waals surface area contributed by atoms with Crippen molar-refractivity contribution in [1.29, 1.82) is 0 Å². The minimum absolute atomic E-state index is 0.356. The fourth-order valence-corrected chi connectivity index (χ4v) is 6.09. The van der Waals surface area contributed by atoms with Crippen molar-refractivity contribution in [3.05, 3.63) is 60.0 Å². The number of anilines is 1. The van der Waals surface area contributed by atoms with Gasteiger partial charge in [-0.1, -0.05) is 30.3 Å². The smallest absolute Gasteiger partial charge is 0.185 e. The van der Waals surface area contributed by atoms with E-state index in [4.69, 9.17) is 9.72 Å². The van der Waals surface area contributed by atoms with Crippen molar-refractivity contribution in [2.24, 2.45) is 0 Å². The van der Waals surface area contributed by atoms with Gasteiger partial charge in [-0.15, -0.1) is 11.3 Å². The Labute approximate surface area is 169 Å². The second-order valence-electron chi connectivity index (χ2n) is 6.79. The molecule has 3 aromatic rings. The zero-order valence-corrected chi connectivity index (χ0v) is 17.2. The van der Waals surface area contributed by atoms with E-state index in [1.807, 2.05) is 30.3 Å². The van der Waals surface area contributed by atoms with Crippen LogP contribution in [-0.2, 0) is 9.84 Å². The van der Waals surface area contributed by atoms with Crippen LogP contribution in [0.1, 0.15) is 12.8 Å². The monoisotopic (exact) mass is 414 g/mol. The molecule has 146 valence electrons. The summed E-state index contributed by atoms with van der Waals surface area (Å²) in [5.74, 6) is 0.659. The predicted molar refractivity (Wildman–Crippen MR) is 113 cm³/mol. The molecule has 0 bridgehead atoms. The Morgan fingerprint density at radius 1 is 1.04 bits per heavy atom. The van der Waals surface area contributed by atoms with Crippen LogP contribution in [0.2, 0.25) is 0 Å².